The summed E-state index contributed by atoms with van der Waals surface area (Å²) in [4.78, 5) is 0.0806. The lowest BCUT2D eigenvalue weighted by Crippen LogP contribution is -2.24. The van der Waals surface area contributed by atoms with E-state index in [0.29, 0.717) is 11.6 Å². The molecular weight excluding hydrogens is 262 g/mol. The fourth-order valence-corrected chi connectivity index (χ4v) is 3.53. The Morgan fingerprint density at radius 1 is 1.59 bits per heavy atom. The van der Waals surface area contributed by atoms with E-state index in [9.17, 15) is 8.42 Å². The molecule has 0 bridgehead atoms. The topological polar surface area (TPSA) is 94.3 Å². The van der Waals surface area contributed by atoms with Gasteiger partial charge in [-0.25, -0.2) is 8.42 Å². The quantitative estimate of drug-likeness (QED) is 0.805. The van der Waals surface area contributed by atoms with Gasteiger partial charge in [-0.1, -0.05) is 6.92 Å². The predicted octanol–water partition coefficient (Wildman–Crippen LogP) is 0.966. The minimum atomic E-state index is -3.37. The van der Waals surface area contributed by atoms with Crippen molar-refractivity contribution in [3.8, 4) is 0 Å². The molecule has 0 saturated heterocycles. The molecule has 98 valence electrons. The zero-order chi connectivity index (χ0) is 13.1. The summed E-state index contributed by atoms with van der Waals surface area (Å²) in [7, 11) is -1.77. The van der Waals surface area contributed by atoms with Gasteiger partial charge >= 0.3 is 0 Å². The first-order valence-corrected chi connectivity index (χ1v) is 7.77. The van der Waals surface area contributed by atoms with E-state index in [1.165, 1.54) is 0 Å². The summed E-state index contributed by atoms with van der Waals surface area (Å²) in [6.45, 7) is 2.48. The van der Waals surface area contributed by atoms with E-state index in [1.54, 1.807) is 7.11 Å². The SMILES string of the molecule is CCC(COC)Nc1snc(N)c1S(C)(=O)=O. The third kappa shape index (κ3) is 3.55. The Labute approximate surface area is 105 Å². The van der Waals surface area contributed by atoms with Crippen LogP contribution in [0, 0.1) is 0 Å². The van der Waals surface area contributed by atoms with Crippen LogP contribution in [-0.4, -0.2) is 38.8 Å². The normalized spacial score (nSPS) is 13.6. The van der Waals surface area contributed by atoms with Gasteiger partial charge in [0.15, 0.2) is 15.7 Å². The maximum absolute atomic E-state index is 11.6. The van der Waals surface area contributed by atoms with Crippen LogP contribution >= 0.6 is 11.5 Å². The number of rotatable bonds is 6. The van der Waals surface area contributed by atoms with Crippen molar-refractivity contribution in [3.05, 3.63) is 0 Å². The van der Waals surface area contributed by atoms with Gasteiger partial charge in [-0.3, -0.25) is 0 Å². The highest BCUT2D eigenvalue weighted by atomic mass is 32.2. The highest BCUT2D eigenvalue weighted by Crippen LogP contribution is 2.31. The molecule has 1 rings (SSSR count). The fraction of sp³-hybridized carbons (Fsp3) is 0.667. The van der Waals surface area contributed by atoms with Crippen molar-refractivity contribution in [2.45, 2.75) is 24.3 Å². The van der Waals surface area contributed by atoms with Crippen LogP contribution in [-0.2, 0) is 14.6 Å². The molecule has 0 amide bonds. The number of nitrogens with two attached hydrogens (primary N) is 1. The van der Waals surface area contributed by atoms with Crippen molar-refractivity contribution >= 4 is 32.2 Å². The van der Waals surface area contributed by atoms with Gasteiger partial charge in [0.05, 0.1) is 12.6 Å². The number of hydrogen-bond donors (Lipinski definition) is 2. The number of methoxy groups -OCH3 is 1. The fourth-order valence-electron chi connectivity index (χ4n) is 1.39. The molecule has 0 aliphatic heterocycles. The largest absolute Gasteiger partial charge is 0.383 e. The average molecular weight is 279 g/mol. The summed E-state index contributed by atoms with van der Waals surface area (Å²) in [5.74, 6) is 0.0484. The molecule has 0 radical (unpaired) electrons. The number of nitrogens with zero attached hydrogens (tertiary/aromatic N) is 1. The van der Waals surface area contributed by atoms with E-state index in [1.807, 2.05) is 6.92 Å². The molecule has 17 heavy (non-hydrogen) atoms. The number of ether oxygens (including phenoxy) is 1. The van der Waals surface area contributed by atoms with E-state index in [4.69, 9.17) is 10.5 Å². The van der Waals surface area contributed by atoms with Crippen LogP contribution in [0.15, 0.2) is 4.90 Å². The molecule has 1 aromatic rings. The summed E-state index contributed by atoms with van der Waals surface area (Å²) in [6, 6.07) is 0.0420. The minimum absolute atomic E-state index is 0.0420. The smallest absolute Gasteiger partial charge is 0.182 e. The van der Waals surface area contributed by atoms with Crippen LogP contribution in [0.3, 0.4) is 0 Å². The first kappa shape index (κ1) is 14.2. The van der Waals surface area contributed by atoms with Gasteiger partial charge in [0, 0.05) is 13.4 Å². The summed E-state index contributed by atoms with van der Waals surface area (Å²) in [5.41, 5.74) is 5.57. The van der Waals surface area contributed by atoms with Crippen LogP contribution < -0.4 is 11.1 Å². The zero-order valence-corrected chi connectivity index (χ0v) is 11.7. The second-order valence-corrected chi connectivity index (χ2v) is 6.43. The Morgan fingerprint density at radius 2 is 2.24 bits per heavy atom. The minimum Gasteiger partial charge on any atom is -0.383 e. The van der Waals surface area contributed by atoms with E-state index >= 15 is 0 Å². The molecule has 0 aliphatic carbocycles. The third-order valence-corrected chi connectivity index (χ3v) is 4.32. The summed E-state index contributed by atoms with van der Waals surface area (Å²) in [6.07, 6.45) is 1.93. The molecule has 0 aromatic carbocycles. The molecular formula is C9H17N3O3S2. The molecule has 8 heteroatoms. The summed E-state index contributed by atoms with van der Waals surface area (Å²) >= 11 is 1.05. The van der Waals surface area contributed by atoms with Gasteiger partial charge in [-0.05, 0) is 18.0 Å². The highest BCUT2D eigenvalue weighted by molar-refractivity contribution is 7.91. The van der Waals surface area contributed by atoms with Crippen molar-refractivity contribution in [1.29, 1.82) is 0 Å². The average Bonchev–Trinajstić information content (AvgIpc) is 2.58. The molecule has 1 atom stereocenters. The van der Waals surface area contributed by atoms with Crippen molar-refractivity contribution in [1.82, 2.24) is 4.37 Å². The van der Waals surface area contributed by atoms with Crippen molar-refractivity contribution in [2.75, 3.05) is 31.0 Å². The second kappa shape index (κ2) is 5.65. The maximum atomic E-state index is 11.6. The maximum Gasteiger partial charge on any atom is 0.182 e. The van der Waals surface area contributed by atoms with Gasteiger partial charge in [-0.2, -0.15) is 4.37 Å². The second-order valence-electron chi connectivity index (χ2n) is 3.70. The molecule has 0 aliphatic rings. The van der Waals surface area contributed by atoms with Crippen LogP contribution in [0.5, 0.6) is 0 Å². The Hall–Kier alpha value is -0.860. The lowest BCUT2D eigenvalue weighted by molar-refractivity contribution is 0.184. The standard InChI is InChI=1S/C9H17N3O3S2/c1-4-6(5-15-2)11-9-7(17(3,13)14)8(10)12-16-9/h6,11H,4-5H2,1-3H3,(H2,10,12). The van der Waals surface area contributed by atoms with Crippen LogP contribution in [0.25, 0.3) is 0 Å². The molecule has 1 unspecified atom stereocenters. The van der Waals surface area contributed by atoms with Crippen LogP contribution in [0.1, 0.15) is 13.3 Å². The van der Waals surface area contributed by atoms with Gasteiger partial charge in [0.25, 0.3) is 0 Å². The first-order chi connectivity index (χ1) is 7.90. The number of anilines is 2. The Balaban J connectivity index is 3.00. The highest BCUT2D eigenvalue weighted by Gasteiger charge is 2.22. The lowest BCUT2D eigenvalue weighted by atomic mass is 10.2. The molecule has 0 saturated carbocycles. The number of nitrogen functional groups attached to an aromatic ring is 1. The van der Waals surface area contributed by atoms with E-state index in [-0.39, 0.29) is 16.8 Å². The van der Waals surface area contributed by atoms with Crippen molar-refractivity contribution in [2.24, 2.45) is 0 Å². The number of hydrogen-bond acceptors (Lipinski definition) is 7. The lowest BCUT2D eigenvalue weighted by Gasteiger charge is -2.16. The predicted molar refractivity (Wildman–Crippen MR) is 69.2 cm³/mol. The van der Waals surface area contributed by atoms with Crippen LogP contribution in [0.2, 0.25) is 0 Å². The van der Waals surface area contributed by atoms with Gasteiger partial charge in [0.1, 0.15) is 9.90 Å². The Kier molecular flexibility index (Phi) is 4.72. The monoisotopic (exact) mass is 279 g/mol. The molecule has 3 N–H and O–H groups in total. The van der Waals surface area contributed by atoms with E-state index in [2.05, 4.69) is 9.69 Å². The Bertz CT molecular complexity index is 470. The van der Waals surface area contributed by atoms with E-state index in [0.717, 1.165) is 24.2 Å². The van der Waals surface area contributed by atoms with Gasteiger partial charge in [-0.15, -0.1) is 0 Å². The molecule has 1 heterocycles. The molecule has 0 spiro atoms. The van der Waals surface area contributed by atoms with Crippen molar-refractivity contribution in [3.63, 3.8) is 0 Å². The van der Waals surface area contributed by atoms with Crippen LogP contribution in [0.4, 0.5) is 10.8 Å². The zero-order valence-electron chi connectivity index (χ0n) is 10.1. The van der Waals surface area contributed by atoms with Gasteiger partial charge < -0.3 is 15.8 Å². The number of nitrogens with one attached hydrogen (secondary N) is 1. The Morgan fingerprint density at radius 3 is 2.71 bits per heavy atom. The van der Waals surface area contributed by atoms with Crippen molar-refractivity contribution < 1.29 is 13.2 Å². The molecule has 6 nitrogen and oxygen atoms in total. The molecule has 1 aromatic heterocycles. The number of sulfone groups is 1. The first-order valence-electron chi connectivity index (χ1n) is 5.10. The molecule has 0 fully saturated rings. The summed E-state index contributed by atoms with van der Waals surface area (Å²) in [5, 5.41) is 3.58. The number of aromatic nitrogens is 1. The summed E-state index contributed by atoms with van der Waals surface area (Å²) < 4.78 is 32.1. The third-order valence-electron chi connectivity index (χ3n) is 2.24. The van der Waals surface area contributed by atoms with E-state index < -0.39 is 9.84 Å². The van der Waals surface area contributed by atoms with Gasteiger partial charge in [0.2, 0.25) is 0 Å².